The molecular formula is C23H27Cl3SiTi. The molecular weight excluding hydrogens is 459 g/mol. The van der Waals surface area contributed by atoms with Gasteiger partial charge in [0, 0.05) is 0 Å². The topological polar surface area (TPSA) is 0 Å². The van der Waals surface area contributed by atoms with Gasteiger partial charge in [-0.25, -0.2) is 5.57 Å². The summed E-state index contributed by atoms with van der Waals surface area (Å²) in [6, 6.07) is 20.2. The van der Waals surface area contributed by atoms with Crippen molar-refractivity contribution in [1.29, 1.82) is 0 Å². The number of halogens is 3. The third-order valence-corrected chi connectivity index (χ3v) is 11.7. The third-order valence-electron chi connectivity index (χ3n) is 6.26. The molecule has 0 saturated carbocycles. The van der Waals surface area contributed by atoms with E-state index in [1.807, 2.05) is 0 Å². The van der Waals surface area contributed by atoms with Crippen LogP contribution in [0.25, 0.3) is 0 Å². The zero-order valence-corrected chi connectivity index (χ0v) is 22.2. The van der Waals surface area contributed by atoms with Crippen molar-refractivity contribution in [2.24, 2.45) is 0 Å². The van der Waals surface area contributed by atoms with Gasteiger partial charge >= 0.3 is 21.7 Å². The van der Waals surface area contributed by atoms with Crippen LogP contribution in [-0.4, -0.2) is 8.07 Å². The van der Waals surface area contributed by atoms with E-state index < -0.39 is 8.07 Å². The summed E-state index contributed by atoms with van der Waals surface area (Å²) in [6.07, 6.45) is 3.89. The van der Waals surface area contributed by atoms with Gasteiger partial charge in [-0.2, -0.15) is 11.1 Å². The summed E-state index contributed by atoms with van der Waals surface area (Å²) in [6.45, 7) is 13.9. The second kappa shape index (κ2) is 11.2. The van der Waals surface area contributed by atoms with Crippen LogP contribution in [0, 0.1) is 13.0 Å². The minimum absolute atomic E-state index is 0. The Morgan fingerprint density at radius 3 is 1.79 bits per heavy atom. The Kier molecular flexibility index (Phi) is 12.0. The van der Waals surface area contributed by atoms with Crippen molar-refractivity contribution in [2.45, 2.75) is 46.2 Å². The van der Waals surface area contributed by atoms with Crippen LogP contribution in [0.15, 0.2) is 71.3 Å². The predicted molar refractivity (Wildman–Crippen MR) is 108 cm³/mol. The predicted octanol–water partition coefficient (Wildman–Crippen LogP) is -3.94. The Bertz CT molecular complexity index is 848. The van der Waals surface area contributed by atoms with Gasteiger partial charge in [-0.3, -0.25) is 6.08 Å². The fourth-order valence-electron chi connectivity index (χ4n) is 4.19. The quantitative estimate of drug-likeness (QED) is 0.308. The summed E-state index contributed by atoms with van der Waals surface area (Å²) in [5, 5.41) is 2.95. The van der Waals surface area contributed by atoms with Crippen LogP contribution in [0.2, 0.25) is 11.6 Å². The van der Waals surface area contributed by atoms with Gasteiger partial charge < -0.3 is 37.2 Å². The minimum atomic E-state index is -2.06. The summed E-state index contributed by atoms with van der Waals surface area (Å²) in [4.78, 5) is 0. The van der Waals surface area contributed by atoms with Crippen molar-refractivity contribution in [3.8, 4) is 0 Å². The molecule has 148 valence electrons. The monoisotopic (exact) mass is 484 g/mol. The second-order valence-corrected chi connectivity index (χ2v) is 11.9. The molecule has 2 atom stereocenters. The normalized spacial score (nSPS) is 19.9. The number of benzene rings is 2. The SMILES string of the molecule is CC1=[C-]C(C)([Si](C)(c2ccccc2)c2cccc(C)c2)C(C)=C1C.[Cl-].[Cl-].[Cl-].[Ti+4]. The molecule has 0 amide bonds. The maximum Gasteiger partial charge on any atom is 4.00 e. The second-order valence-electron chi connectivity index (χ2n) is 7.49. The largest absolute Gasteiger partial charge is 4.00 e. The Morgan fingerprint density at radius 1 is 0.786 bits per heavy atom. The van der Waals surface area contributed by atoms with Crippen molar-refractivity contribution in [3.05, 3.63) is 83.0 Å². The summed E-state index contributed by atoms with van der Waals surface area (Å²) < 4.78 is 0. The summed E-state index contributed by atoms with van der Waals surface area (Å²) in [5.74, 6) is 0. The van der Waals surface area contributed by atoms with Crippen molar-refractivity contribution in [3.63, 3.8) is 0 Å². The summed E-state index contributed by atoms with van der Waals surface area (Å²) in [7, 11) is -2.06. The average molecular weight is 486 g/mol. The first-order chi connectivity index (χ1) is 11.3. The summed E-state index contributed by atoms with van der Waals surface area (Å²) in [5.41, 5.74) is 5.56. The molecule has 0 N–H and O–H groups in total. The molecule has 0 aliphatic heterocycles. The zero-order valence-electron chi connectivity index (χ0n) is 17.3. The molecule has 2 unspecified atom stereocenters. The van der Waals surface area contributed by atoms with Gasteiger partial charge in [0.1, 0.15) is 8.07 Å². The molecule has 0 bridgehead atoms. The molecule has 1 aliphatic carbocycles. The van der Waals surface area contributed by atoms with E-state index in [2.05, 4.69) is 102 Å². The molecule has 28 heavy (non-hydrogen) atoms. The molecule has 2 aromatic rings. The van der Waals surface area contributed by atoms with Crippen LogP contribution >= 0.6 is 0 Å². The smallest absolute Gasteiger partial charge is 1.00 e. The third kappa shape index (κ3) is 4.72. The summed E-state index contributed by atoms with van der Waals surface area (Å²) >= 11 is 0. The van der Waals surface area contributed by atoms with E-state index in [0.717, 1.165) is 0 Å². The van der Waals surface area contributed by atoms with E-state index in [0.29, 0.717) is 0 Å². The molecule has 0 fully saturated rings. The van der Waals surface area contributed by atoms with E-state index in [4.69, 9.17) is 0 Å². The molecule has 0 heterocycles. The Balaban J connectivity index is 0. The Morgan fingerprint density at radius 2 is 1.32 bits per heavy atom. The van der Waals surface area contributed by atoms with Crippen molar-refractivity contribution < 1.29 is 58.9 Å². The molecule has 2 aromatic carbocycles. The Labute approximate surface area is 205 Å². The zero-order chi connectivity index (χ0) is 17.5. The number of aryl methyl sites for hydroxylation is 1. The molecule has 3 rings (SSSR count). The van der Waals surface area contributed by atoms with Crippen LogP contribution in [0.4, 0.5) is 0 Å². The first-order valence-corrected chi connectivity index (χ1v) is 11.2. The number of hydrogen-bond acceptors (Lipinski definition) is 0. The van der Waals surface area contributed by atoms with Crippen LogP contribution in [-0.2, 0) is 21.7 Å². The van der Waals surface area contributed by atoms with E-state index in [1.165, 1.54) is 32.7 Å². The molecule has 5 heteroatoms. The van der Waals surface area contributed by atoms with Crippen LogP contribution in [0.5, 0.6) is 0 Å². The van der Waals surface area contributed by atoms with Gasteiger partial charge in [0.25, 0.3) is 0 Å². The standard InChI is InChI=1S/C23H27Si.3ClH.Ti/c1-17-11-10-14-22(15-17)24(6,21-12-8-7-9-13-21)23(5)16-18(2)19(3)20(23)4;;;;/h7-15H,1-6H3;3*1H;/q-1;;;;+4/p-3. The van der Waals surface area contributed by atoms with Gasteiger partial charge in [-0.05, 0) is 6.92 Å². The fraction of sp³-hybridized carbons (Fsp3) is 0.304. The molecule has 0 nitrogen and oxygen atoms in total. The maximum absolute atomic E-state index is 3.89. The van der Waals surface area contributed by atoms with Gasteiger partial charge in [0.2, 0.25) is 0 Å². The van der Waals surface area contributed by atoms with E-state index in [9.17, 15) is 0 Å². The molecule has 0 radical (unpaired) electrons. The van der Waals surface area contributed by atoms with E-state index >= 15 is 0 Å². The number of rotatable bonds is 3. The first kappa shape index (κ1) is 29.9. The van der Waals surface area contributed by atoms with E-state index in [1.54, 1.807) is 0 Å². The molecule has 0 aromatic heterocycles. The van der Waals surface area contributed by atoms with Gasteiger partial charge in [0.15, 0.2) is 0 Å². The van der Waals surface area contributed by atoms with Crippen molar-refractivity contribution in [1.82, 2.24) is 0 Å². The maximum atomic E-state index is 3.89. The van der Waals surface area contributed by atoms with Crippen molar-refractivity contribution in [2.75, 3.05) is 0 Å². The average Bonchev–Trinajstić information content (AvgIpc) is 2.79. The van der Waals surface area contributed by atoms with Gasteiger partial charge in [-0.15, -0.1) is 6.92 Å². The van der Waals surface area contributed by atoms with Gasteiger partial charge in [-0.1, -0.05) is 103 Å². The fourth-order valence-corrected chi connectivity index (χ4v) is 8.86. The molecule has 1 aliphatic rings. The number of allylic oxidation sites excluding steroid dienone is 4. The van der Waals surface area contributed by atoms with Crippen LogP contribution < -0.4 is 47.6 Å². The first-order valence-electron chi connectivity index (χ1n) is 8.73. The van der Waals surface area contributed by atoms with Gasteiger partial charge in [0.05, 0.1) is 0 Å². The van der Waals surface area contributed by atoms with Crippen LogP contribution in [0.3, 0.4) is 0 Å². The van der Waals surface area contributed by atoms with Crippen LogP contribution in [0.1, 0.15) is 33.3 Å². The Hall–Kier alpha value is -0.279. The van der Waals surface area contributed by atoms with Crippen molar-refractivity contribution >= 4 is 18.4 Å². The number of hydrogen-bond donors (Lipinski definition) is 0. The van der Waals surface area contributed by atoms with E-state index in [-0.39, 0.29) is 64.0 Å². The molecule has 0 saturated heterocycles. The molecule has 0 spiro atoms. The minimum Gasteiger partial charge on any atom is -1.00 e.